The second-order valence-electron chi connectivity index (χ2n) is 7.41. The molecule has 7 nitrogen and oxygen atoms in total. The van der Waals surface area contributed by atoms with Gasteiger partial charge in [0.05, 0.1) is 0 Å². The summed E-state index contributed by atoms with van der Waals surface area (Å²) in [6.07, 6.45) is 4.81. The van der Waals surface area contributed by atoms with Gasteiger partial charge in [-0.3, -0.25) is 14.4 Å². The molecule has 0 aliphatic heterocycles. The number of hydrogen-bond donors (Lipinski definition) is 3. The molecule has 0 radical (unpaired) electrons. The summed E-state index contributed by atoms with van der Waals surface area (Å²) in [4.78, 5) is 36.7. The zero-order valence-corrected chi connectivity index (χ0v) is 16.8. The fourth-order valence-electron chi connectivity index (χ4n) is 3.97. The van der Waals surface area contributed by atoms with Crippen molar-refractivity contribution < 1.29 is 27.9 Å². The normalized spacial score (nSPS) is 18.6. The van der Waals surface area contributed by atoms with E-state index < -0.39 is 52.2 Å². The smallest absolute Gasteiger partial charge is 0.257 e. The van der Waals surface area contributed by atoms with Crippen molar-refractivity contribution in [3.8, 4) is 5.75 Å². The van der Waals surface area contributed by atoms with Gasteiger partial charge in [0.2, 0.25) is 5.43 Å². The number of carbonyl (C=O) groups excluding carboxylic acids is 2. The lowest BCUT2D eigenvalue weighted by atomic mass is 9.89. The number of amides is 1. The lowest BCUT2D eigenvalue weighted by Gasteiger charge is -2.34. The first kappa shape index (κ1) is 22.5. The quantitative estimate of drug-likeness (QED) is 0.603. The number of aromatic hydroxyl groups is 1. The molecule has 1 aliphatic rings. The van der Waals surface area contributed by atoms with E-state index in [2.05, 4.69) is 10.6 Å². The maximum absolute atomic E-state index is 13.8. The molecule has 166 valence electrons. The van der Waals surface area contributed by atoms with E-state index in [1.165, 1.54) is 10.8 Å². The van der Waals surface area contributed by atoms with Gasteiger partial charge in [0.15, 0.2) is 12.0 Å². The second kappa shape index (κ2) is 9.34. The van der Waals surface area contributed by atoms with Crippen LogP contribution in [-0.4, -0.2) is 35.0 Å². The third-order valence-electron chi connectivity index (χ3n) is 5.59. The van der Waals surface area contributed by atoms with Gasteiger partial charge in [-0.15, -0.1) is 0 Å². The number of hydrogen-bond acceptors (Lipinski definition) is 5. The van der Waals surface area contributed by atoms with Gasteiger partial charge >= 0.3 is 0 Å². The number of aromatic nitrogens is 1. The monoisotopic (exact) mass is 437 g/mol. The minimum Gasteiger partial charge on any atom is -0.503 e. The first-order valence-corrected chi connectivity index (χ1v) is 9.80. The molecule has 2 atom stereocenters. The predicted molar refractivity (Wildman–Crippen MR) is 106 cm³/mol. The zero-order chi connectivity index (χ0) is 22.7. The van der Waals surface area contributed by atoms with Gasteiger partial charge in [-0.2, -0.15) is 0 Å². The summed E-state index contributed by atoms with van der Waals surface area (Å²) in [6.45, 7) is -0.644. The second-order valence-corrected chi connectivity index (χ2v) is 7.41. The Hall–Kier alpha value is -3.14. The van der Waals surface area contributed by atoms with Gasteiger partial charge in [0, 0.05) is 42.5 Å². The van der Waals surface area contributed by atoms with Crippen molar-refractivity contribution >= 4 is 12.2 Å². The van der Waals surface area contributed by atoms with E-state index >= 15 is 0 Å². The fraction of sp³-hybridized carbons (Fsp3) is 0.381. The molecule has 0 spiro atoms. The molecule has 2 aromatic rings. The van der Waals surface area contributed by atoms with E-state index in [1.54, 1.807) is 7.05 Å². The summed E-state index contributed by atoms with van der Waals surface area (Å²) < 4.78 is 42.1. The number of nitrogens with one attached hydrogen (secondary N) is 2. The molecule has 1 amide bonds. The van der Waals surface area contributed by atoms with Crippen LogP contribution >= 0.6 is 0 Å². The molecule has 3 N–H and O–H groups in total. The van der Waals surface area contributed by atoms with Gasteiger partial charge in [0.25, 0.3) is 5.91 Å². The Morgan fingerprint density at radius 2 is 1.87 bits per heavy atom. The molecular weight excluding hydrogens is 415 g/mol. The Labute approximate surface area is 175 Å². The SMILES string of the molecule is CNC1CCCCC1n1cc(C(=O)NCc2c(F)cc(F)cc2F)c(=O)c(O)c1C=O. The molecule has 0 saturated heterocycles. The van der Waals surface area contributed by atoms with Crippen molar-refractivity contribution in [2.45, 2.75) is 44.3 Å². The Bertz CT molecular complexity index is 1050. The van der Waals surface area contributed by atoms with E-state index in [4.69, 9.17) is 0 Å². The van der Waals surface area contributed by atoms with Crippen LogP contribution in [0.5, 0.6) is 5.75 Å². The van der Waals surface area contributed by atoms with Crippen molar-refractivity contribution in [1.82, 2.24) is 15.2 Å². The summed E-state index contributed by atoms with van der Waals surface area (Å²) in [5, 5.41) is 15.6. The first-order chi connectivity index (χ1) is 14.8. The third-order valence-corrected chi connectivity index (χ3v) is 5.59. The highest BCUT2D eigenvalue weighted by Gasteiger charge is 2.29. The van der Waals surface area contributed by atoms with Crippen LogP contribution in [0.2, 0.25) is 0 Å². The third kappa shape index (κ3) is 4.48. The molecule has 1 saturated carbocycles. The van der Waals surface area contributed by atoms with Crippen LogP contribution in [0.1, 0.15) is 58.1 Å². The Kier molecular flexibility index (Phi) is 6.79. The lowest BCUT2D eigenvalue weighted by molar-refractivity contribution is 0.0945. The van der Waals surface area contributed by atoms with Gasteiger partial charge < -0.3 is 20.3 Å². The van der Waals surface area contributed by atoms with E-state index in [1.807, 2.05) is 0 Å². The molecule has 1 aromatic carbocycles. The number of halogens is 3. The van der Waals surface area contributed by atoms with Gasteiger partial charge in [-0.25, -0.2) is 13.2 Å². The van der Waals surface area contributed by atoms with Crippen LogP contribution in [0.15, 0.2) is 23.1 Å². The van der Waals surface area contributed by atoms with Crippen molar-refractivity contribution in [2.24, 2.45) is 0 Å². The highest BCUT2D eigenvalue weighted by atomic mass is 19.1. The van der Waals surface area contributed by atoms with E-state index in [-0.39, 0.29) is 17.8 Å². The average Bonchev–Trinajstić information content (AvgIpc) is 2.74. The van der Waals surface area contributed by atoms with Crippen molar-refractivity contribution in [2.75, 3.05) is 7.05 Å². The van der Waals surface area contributed by atoms with Gasteiger partial charge in [-0.1, -0.05) is 12.8 Å². The van der Waals surface area contributed by atoms with E-state index in [9.17, 15) is 32.7 Å². The van der Waals surface area contributed by atoms with Crippen LogP contribution in [0.4, 0.5) is 13.2 Å². The van der Waals surface area contributed by atoms with Crippen LogP contribution < -0.4 is 16.1 Å². The average molecular weight is 437 g/mol. The summed E-state index contributed by atoms with van der Waals surface area (Å²) >= 11 is 0. The number of carbonyl (C=O) groups is 2. The molecule has 1 heterocycles. The summed E-state index contributed by atoms with van der Waals surface area (Å²) in [6, 6.07) is 0.614. The maximum atomic E-state index is 13.8. The highest BCUT2D eigenvalue weighted by Crippen LogP contribution is 2.31. The molecule has 1 fully saturated rings. The Morgan fingerprint density at radius 3 is 2.48 bits per heavy atom. The molecule has 0 bridgehead atoms. The Morgan fingerprint density at radius 1 is 1.23 bits per heavy atom. The van der Waals surface area contributed by atoms with Crippen LogP contribution in [0, 0.1) is 17.5 Å². The van der Waals surface area contributed by atoms with E-state index in [0.717, 1.165) is 19.3 Å². The topological polar surface area (TPSA) is 100 Å². The minimum absolute atomic E-state index is 0.0485. The number of rotatable bonds is 6. The van der Waals surface area contributed by atoms with Crippen molar-refractivity contribution in [1.29, 1.82) is 0 Å². The summed E-state index contributed by atoms with van der Waals surface area (Å²) in [5.74, 6) is -5.34. The maximum Gasteiger partial charge on any atom is 0.257 e. The zero-order valence-electron chi connectivity index (χ0n) is 16.8. The minimum atomic E-state index is -1.19. The van der Waals surface area contributed by atoms with Crippen LogP contribution in [0.3, 0.4) is 0 Å². The fourth-order valence-corrected chi connectivity index (χ4v) is 3.97. The molecule has 2 unspecified atom stereocenters. The summed E-state index contributed by atoms with van der Waals surface area (Å²) in [7, 11) is 1.76. The van der Waals surface area contributed by atoms with Crippen molar-refractivity contribution in [3.05, 3.63) is 62.8 Å². The number of nitrogens with zero attached hydrogens (tertiary/aromatic N) is 1. The molecule has 31 heavy (non-hydrogen) atoms. The number of aldehydes is 1. The number of benzene rings is 1. The summed E-state index contributed by atoms with van der Waals surface area (Å²) in [5.41, 5.74) is -2.38. The lowest BCUT2D eigenvalue weighted by Crippen LogP contribution is -2.40. The molecule has 10 heteroatoms. The molecule has 1 aromatic heterocycles. The van der Waals surface area contributed by atoms with Crippen LogP contribution in [-0.2, 0) is 6.54 Å². The number of likely N-dealkylation sites (N-methyl/N-ethyl adjacent to an activating group) is 1. The number of pyridine rings is 1. The molecule has 3 rings (SSSR count). The standard InChI is InChI=1S/C21H22F3N3O4/c1-25-16-4-2-3-5-17(16)27-9-13(19(29)20(30)18(27)10-28)21(31)26-8-12-14(23)6-11(22)7-15(12)24/h6-7,9-10,16-17,25,30H,2-5,8H2,1H3,(H,26,31). The van der Waals surface area contributed by atoms with Gasteiger partial charge in [0.1, 0.15) is 28.7 Å². The van der Waals surface area contributed by atoms with Gasteiger partial charge in [-0.05, 0) is 19.9 Å². The molecule has 1 aliphatic carbocycles. The Balaban J connectivity index is 1.95. The first-order valence-electron chi connectivity index (χ1n) is 9.80. The molecular formula is C21H22F3N3O4. The predicted octanol–water partition coefficient (Wildman–Crippen LogP) is 2.42. The largest absolute Gasteiger partial charge is 0.503 e. The highest BCUT2D eigenvalue weighted by molar-refractivity contribution is 5.95. The van der Waals surface area contributed by atoms with Crippen molar-refractivity contribution in [3.63, 3.8) is 0 Å². The van der Waals surface area contributed by atoms with Crippen LogP contribution in [0.25, 0.3) is 0 Å². The van der Waals surface area contributed by atoms with E-state index in [0.29, 0.717) is 24.8 Å².